The highest BCUT2D eigenvalue weighted by Crippen LogP contribution is 2.39. The number of methoxy groups -OCH3 is 1. The number of hydrogen-bond acceptors (Lipinski definition) is 7. The van der Waals surface area contributed by atoms with Gasteiger partial charge in [0.15, 0.2) is 0 Å². The third-order valence-electron chi connectivity index (χ3n) is 4.34. The molecule has 7 heteroatoms. The standard InChI is InChI=1S/C21H24N2O4S/c1-14-17(20(24)26-3)19(16-8-5-4-6-9-16)18(15(2)23-14)21(25)27-11-13-28-12-7-10-22/h4-6,8-9,19,23H,7,11-13H2,1-3H3. The molecule has 1 aromatic carbocycles. The minimum absolute atomic E-state index is 0.240. The second kappa shape index (κ2) is 10.6. The Kier molecular flexibility index (Phi) is 8.15. The topological polar surface area (TPSA) is 88.4 Å². The molecular weight excluding hydrogens is 376 g/mol. The Bertz CT molecular complexity index is 825. The van der Waals surface area contributed by atoms with Gasteiger partial charge in [0, 0.05) is 29.3 Å². The van der Waals surface area contributed by atoms with Crippen LogP contribution in [0.25, 0.3) is 0 Å². The van der Waals surface area contributed by atoms with E-state index in [1.165, 1.54) is 7.11 Å². The fourth-order valence-electron chi connectivity index (χ4n) is 3.11. The van der Waals surface area contributed by atoms with Gasteiger partial charge in [-0.15, -0.1) is 0 Å². The number of esters is 2. The fraction of sp³-hybridized carbons (Fsp3) is 0.381. The van der Waals surface area contributed by atoms with Gasteiger partial charge in [-0.2, -0.15) is 17.0 Å². The highest BCUT2D eigenvalue weighted by atomic mass is 32.2. The highest BCUT2D eigenvalue weighted by molar-refractivity contribution is 7.99. The zero-order chi connectivity index (χ0) is 20.5. The van der Waals surface area contributed by atoms with Gasteiger partial charge in [-0.05, 0) is 19.4 Å². The zero-order valence-electron chi connectivity index (χ0n) is 16.3. The maximum absolute atomic E-state index is 12.9. The highest BCUT2D eigenvalue weighted by Gasteiger charge is 2.37. The van der Waals surface area contributed by atoms with E-state index in [9.17, 15) is 9.59 Å². The van der Waals surface area contributed by atoms with Crippen LogP contribution in [0.2, 0.25) is 0 Å². The summed E-state index contributed by atoms with van der Waals surface area (Å²) in [7, 11) is 1.33. The molecular formula is C21H24N2O4S. The van der Waals surface area contributed by atoms with Crippen LogP contribution in [0.4, 0.5) is 0 Å². The summed E-state index contributed by atoms with van der Waals surface area (Å²) in [6.45, 7) is 3.83. The molecule has 148 valence electrons. The van der Waals surface area contributed by atoms with Crippen molar-refractivity contribution in [3.63, 3.8) is 0 Å². The average Bonchev–Trinajstić information content (AvgIpc) is 2.70. The van der Waals surface area contributed by atoms with E-state index in [-0.39, 0.29) is 6.61 Å². The van der Waals surface area contributed by atoms with Gasteiger partial charge in [0.1, 0.15) is 6.61 Å². The summed E-state index contributed by atoms with van der Waals surface area (Å²) in [4.78, 5) is 25.4. The SMILES string of the molecule is COC(=O)C1=C(C)NC(C)=C(C(=O)OCCSCCC#N)C1c1ccccc1. The van der Waals surface area contributed by atoms with Crippen LogP contribution in [0, 0.1) is 11.3 Å². The van der Waals surface area contributed by atoms with Gasteiger partial charge in [0.05, 0.1) is 30.2 Å². The maximum Gasteiger partial charge on any atom is 0.336 e. The summed E-state index contributed by atoms with van der Waals surface area (Å²) >= 11 is 1.56. The third-order valence-corrected chi connectivity index (χ3v) is 5.29. The first kappa shape index (κ1) is 21.6. The van der Waals surface area contributed by atoms with Gasteiger partial charge in [-0.25, -0.2) is 9.59 Å². The van der Waals surface area contributed by atoms with Crippen molar-refractivity contribution in [1.82, 2.24) is 5.32 Å². The number of carbonyl (C=O) groups excluding carboxylic acids is 2. The molecule has 1 heterocycles. The lowest BCUT2D eigenvalue weighted by Gasteiger charge is -2.30. The first-order valence-electron chi connectivity index (χ1n) is 8.94. The Morgan fingerprint density at radius 2 is 1.75 bits per heavy atom. The number of hydrogen-bond donors (Lipinski definition) is 1. The first-order valence-corrected chi connectivity index (χ1v) is 10.1. The Balaban J connectivity index is 2.27. The zero-order valence-corrected chi connectivity index (χ0v) is 17.1. The van der Waals surface area contributed by atoms with Crippen molar-refractivity contribution in [2.75, 3.05) is 25.2 Å². The molecule has 0 spiro atoms. The largest absolute Gasteiger partial charge is 0.466 e. The summed E-state index contributed by atoms with van der Waals surface area (Å²) in [5, 5.41) is 11.7. The molecule has 1 aliphatic heterocycles. The minimum Gasteiger partial charge on any atom is -0.466 e. The third kappa shape index (κ3) is 5.17. The number of nitrogens with zero attached hydrogens (tertiary/aromatic N) is 1. The molecule has 0 fully saturated rings. The van der Waals surface area contributed by atoms with E-state index < -0.39 is 17.9 Å². The van der Waals surface area contributed by atoms with Crippen LogP contribution >= 0.6 is 11.8 Å². The molecule has 0 amide bonds. The molecule has 0 bridgehead atoms. The normalized spacial score (nSPS) is 16.3. The van der Waals surface area contributed by atoms with Gasteiger partial charge in [-0.3, -0.25) is 0 Å². The quantitative estimate of drug-likeness (QED) is 0.529. The number of allylic oxidation sites excluding steroid dienone is 2. The lowest BCUT2D eigenvalue weighted by atomic mass is 9.80. The van der Waals surface area contributed by atoms with Gasteiger partial charge in [0.2, 0.25) is 0 Å². The number of dihydropyridines is 1. The molecule has 1 unspecified atom stereocenters. The monoisotopic (exact) mass is 400 g/mol. The van der Waals surface area contributed by atoms with Crippen LogP contribution in [-0.2, 0) is 19.1 Å². The van der Waals surface area contributed by atoms with Crippen molar-refractivity contribution in [1.29, 1.82) is 5.26 Å². The van der Waals surface area contributed by atoms with E-state index in [4.69, 9.17) is 14.7 Å². The summed E-state index contributed by atoms with van der Waals surface area (Å²) < 4.78 is 10.4. The van der Waals surface area contributed by atoms with Crippen molar-refractivity contribution in [3.05, 3.63) is 58.4 Å². The van der Waals surface area contributed by atoms with Gasteiger partial charge in [-0.1, -0.05) is 30.3 Å². The van der Waals surface area contributed by atoms with E-state index in [0.717, 1.165) is 5.56 Å². The fourth-order valence-corrected chi connectivity index (χ4v) is 3.76. The van der Waals surface area contributed by atoms with Crippen molar-refractivity contribution in [2.45, 2.75) is 26.2 Å². The lowest BCUT2D eigenvalue weighted by molar-refractivity contribution is -0.139. The Labute approximate surface area is 169 Å². The van der Waals surface area contributed by atoms with Crippen LogP contribution in [0.5, 0.6) is 0 Å². The van der Waals surface area contributed by atoms with Crippen LogP contribution in [-0.4, -0.2) is 37.2 Å². The van der Waals surface area contributed by atoms with Crippen molar-refractivity contribution in [3.8, 4) is 6.07 Å². The Morgan fingerprint density at radius 3 is 2.36 bits per heavy atom. The number of thioether (sulfide) groups is 1. The van der Waals surface area contributed by atoms with Crippen molar-refractivity contribution >= 4 is 23.7 Å². The summed E-state index contributed by atoms with van der Waals surface area (Å²) in [5.74, 6) is -0.189. The van der Waals surface area contributed by atoms with Gasteiger partial charge in [0.25, 0.3) is 0 Å². The van der Waals surface area contributed by atoms with E-state index in [0.29, 0.717) is 40.5 Å². The van der Waals surface area contributed by atoms with Crippen LogP contribution in [0.3, 0.4) is 0 Å². The summed E-state index contributed by atoms with van der Waals surface area (Å²) in [6, 6.07) is 11.5. The Morgan fingerprint density at radius 1 is 1.11 bits per heavy atom. The molecule has 2 rings (SSSR count). The first-order chi connectivity index (χ1) is 13.5. The molecule has 1 aromatic rings. The van der Waals surface area contributed by atoms with Crippen molar-refractivity contribution in [2.24, 2.45) is 0 Å². The predicted molar refractivity (Wildman–Crippen MR) is 108 cm³/mol. The van der Waals surface area contributed by atoms with Crippen LogP contribution < -0.4 is 5.32 Å². The number of benzene rings is 1. The van der Waals surface area contributed by atoms with Crippen molar-refractivity contribution < 1.29 is 19.1 Å². The molecule has 0 saturated heterocycles. The van der Waals surface area contributed by atoms with E-state index >= 15 is 0 Å². The molecule has 0 aromatic heterocycles. The predicted octanol–water partition coefficient (Wildman–Crippen LogP) is 3.28. The summed E-state index contributed by atoms with van der Waals surface area (Å²) in [6.07, 6.45) is 0.468. The molecule has 0 aliphatic carbocycles. The van der Waals surface area contributed by atoms with Gasteiger partial charge >= 0.3 is 11.9 Å². The number of rotatable bonds is 8. The average molecular weight is 401 g/mol. The Hall–Kier alpha value is -2.72. The number of nitriles is 1. The molecule has 6 nitrogen and oxygen atoms in total. The molecule has 0 radical (unpaired) electrons. The van der Waals surface area contributed by atoms with Crippen LogP contribution in [0.15, 0.2) is 52.9 Å². The smallest absolute Gasteiger partial charge is 0.336 e. The second-order valence-electron chi connectivity index (χ2n) is 6.19. The van der Waals surface area contributed by atoms with E-state index in [2.05, 4.69) is 11.4 Å². The molecule has 0 saturated carbocycles. The maximum atomic E-state index is 12.9. The van der Waals surface area contributed by atoms with E-state index in [1.54, 1.807) is 25.6 Å². The second-order valence-corrected chi connectivity index (χ2v) is 7.42. The molecule has 1 atom stereocenters. The lowest BCUT2D eigenvalue weighted by Crippen LogP contribution is -2.32. The van der Waals surface area contributed by atoms with Gasteiger partial charge < -0.3 is 14.8 Å². The number of carbonyl (C=O) groups is 2. The molecule has 28 heavy (non-hydrogen) atoms. The molecule has 1 aliphatic rings. The number of ether oxygens (including phenoxy) is 2. The summed E-state index contributed by atoms with van der Waals surface area (Å²) in [5.41, 5.74) is 2.93. The molecule has 1 N–H and O–H groups in total. The minimum atomic E-state index is -0.561. The van der Waals surface area contributed by atoms with Crippen LogP contribution in [0.1, 0.15) is 31.7 Å². The number of nitrogens with one attached hydrogen (secondary N) is 1. The van der Waals surface area contributed by atoms with E-state index in [1.807, 2.05) is 30.3 Å².